The van der Waals surface area contributed by atoms with Crippen molar-refractivity contribution in [2.24, 2.45) is 5.10 Å². The number of rotatable bonds is 7. The van der Waals surface area contributed by atoms with Crippen LogP contribution in [0.2, 0.25) is 0 Å². The molecule has 0 atom stereocenters. The average Bonchev–Trinajstić information content (AvgIpc) is 3.44. The van der Waals surface area contributed by atoms with E-state index in [0.717, 1.165) is 4.80 Å². The molecule has 0 bridgehead atoms. The third-order valence-corrected chi connectivity index (χ3v) is 4.27. The molecule has 2 aromatic carbocycles. The average molecular weight is 434 g/mol. The normalized spacial score (nSPS) is 11.0. The zero-order chi connectivity index (χ0) is 22.5. The number of halogens is 1. The Balaban J connectivity index is 1.36. The monoisotopic (exact) mass is 434 g/mol. The van der Waals surface area contributed by atoms with Gasteiger partial charge < -0.3 is 9.52 Å². The predicted molar refractivity (Wildman–Crippen MR) is 110 cm³/mol. The lowest BCUT2D eigenvalue weighted by molar-refractivity contribution is -0.122. The minimum atomic E-state index is -1.07. The van der Waals surface area contributed by atoms with E-state index in [1.54, 1.807) is 30.3 Å². The van der Waals surface area contributed by atoms with E-state index in [0.29, 0.717) is 22.6 Å². The van der Waals surface area contributed by atoms with E-state index in [1.807, 2.05) is 0 Å². The molecule has 1 amide bonds. The highest BCUT2D eigenvalue weighted by Gasteiger charge is 2.14. The molecule has 0 aliphatic heterocycles. The fourth-order valence-electron chi connectivity index (χ4n) is 2.81. The summed E-state index contributed by atoms with van der Waals surface area (Å²) in [4.78, 5) is 24.5. The van der Waals surface area contributed by atoms with Crippen molar-refractivity contribution >= 4 is 18.1 Å². The molecule has 0 unspecified atom stereocenters. The lowest BCUT2D eigenvalue weighted by Gasteiger charge is -2.01. The van der Waals surface area contributed by atoms with E-state index in [9.17, 15) is 19.1 Å². The van der Waals surface area contributed by atoms with Crippen LogP contribution in [0.3, 0.4) is 0 Å². The van der Waals surface area contributed by atoms with E-state index < -0.39 is 11.9 Å². The summed E-state index contributed by atoms with van der Waals surface area (Å²) in [5.74, 6) is -1.02. The molecular formula is C21H15FN6O4. The van der Waals surface area contributed by atoms with Crippen molar-refractivity contribution in [2.75, 3.05) is 0 Å². The zero-order valence-corrected chi connectivity index (χ0v) is 16.3. The van der Waals surface area contributed by atoms with Gasteiger partial charge in [-0.15, -0.1) is 10.2 Å². The highest BCUT2D eigenvalue weighted by molar-refractivity contribution is 5.95. The number of hydrazone groups is 1. The van der Waals surface area contributed by atoms with Gasteiger partial charge in [-0.2, -0.15) is 9.90 Å². The van der Waals surface area contributed by atoms with Crippen LogP contribution in [0.25, 0.3) is 22.7 Å². The van der Waals surface area contributed by atoms with Crippen LogP contribution in [0.5, 0.6) is 0 Å². The van der Waals surface area contributed by atoms with Crippen LogP contribution in [0.1, 0.15) is 16.1 Å². The number of carboxylic acids is 1. The second-order valence-corrected chi connectivity index (χ2v) is 6.50. The summed E-state index contributed by atoms with van der Waals surface area (Å²) in [5, 5.41) is 24.8. The number of hydrogen-bond acceptors (Lipinski definition) is 7. The van der Waals surface area contributed by atoms with Crippen LogP contribution < -0.4 is 5.43 Å². The van der Waals surface area contributed by atoms with E-state index >= 15 is 0 Å². The number of tetrazole rings is 1. The van der Waals surface area contributed by atoms with Gasteiger partial charge >= 0.3 is 5.97 Å². The zero-order valence-electron chi connectivity index (χ0n) is 16.3. The predicted octanol–water partition coefficient (Wildman–Crippen LogP) is 2.59. The Morgan fingerprint density at radius 2 is 1.91 bits per heavy atom. The fourth-order valence-corrected chi connectivity index (χ4v) is 2.81. The molecular weight excluding hydrogens is 419 g/mol. The minimum absolute atomic E-state index is 0.110. The van der Waals surface area contributed by atoms with Gasteiger partial charge in [-0.1, -0.05) is 18.2 Å². The van der Waals surface area contributed by atoms with Gasteiger partial charge in [0.1, 0.15) is 23.9 Å². The van der Waals surface area contributed by atoms with E-state index in [2.05, 4.69) is 25.9 Å². The van der Waals surface area contributed by atoms with E-state index in [-0.39, 0.29) is 23.7 Å². The van der Waals surface area contributed by atoms with Crippen LogP contribution in [0.4, 0.5) is 4.39 Å². The third-order valence-electron chi connectivity index (χ3n) is 4.27. The summed E-state index contributed by atoms with van der Waals surface area (Å²) < 4.78 is 18.6. The molecule has 0 spiro atoms. The van der Waals surface area contributed by atoms with Crippen molar-refractivity contribution < 1.29 is 23.5 Å². The first-order valence-corrected chi connectivity index (χ1v) is 9.28. The molecule has 0 fully saturated rings. The van der Waals surface area contributed by atoms with Crippen LogP contribution in [0, 0.1) is 5.82 Å². The Labute approximate surface area is 180 Å². The first kappa shape index (κ1) is 20.6. The lowest BCUT2D eigenvalue weighted by Crippen LogP contribution is -2.24. The number of benzene rings is 2. The summed E-state index contributed by atoms with van der Waals surface area (Å²) in [5.41, 5.74) is 3.42. The Morgan fingerprint density at radius 1 is 1.12 bits per heavy atom. The number of aromatic nitrogens is 4. The van der Waals surface area contributed by atoms with Gasteiger partial charge in [0.2, 0.25) is 5.82 Å². The number of carboxylic acid groups (broad SMARTS) is 1. The molecule has 0 saturated heterocycles. The van der Waals surface area contributed by atoms with Gasteiger partial charge in [0.05, 0.1) is 11.8 Å². The maximum Gasteiger partial charge on any atom is 0.336 e. The molecule has 160 valence electrons. The molecule has 0 saturated carbocycles. The molecule has 4 aromatic rings. The summed E-state index contributed by atoms with van der Waals surface area (Å²) in [6.45, 7) is -0.235. The molecule has 2 N–H and O–H groups in total. The van der Waals surface area contributed by atoms with Gasteiger partial charge in [0, 0.05) is 11.1 Å². The number of carbonyl (C=O) groups is 2. The summed E-state index contributed by atoms with van der Waals surface area (Å²) >= 11 is 0. The van der Waals surface area contributed by atoms with Crippen LogP contribution in [-0.4, -0.2) is 43.4 Å². The molecule has 10 nitrogen and oxygen atoms in total. The quantitative estimate of drug-likeness (QED) is 0.337. The smallest absolute Gasteiger partial charge is 0.336 e. The van der Waals surface area contributed by atoms with Gasteiger partial charge in [-0.25, -0.2) is 14.6 Å². The summed E-state index contributed by atoms with van der Waals surface area (Å²) in [7, 11) is 0. The van der Waals surface area contributed by atoms with Crippen molar-refractivity contribution in [2.45, 2.75) is 6.54 Å². The maximum absolute atomic E-state index is 13.0. The topological polar surface area (TPSA) is 136 Å². The molecule has 32 heavy (non-hydrogen) atoms. The Hall–Kier alpha value is -4.67. The second kappa shape index (κ2) is 9.00. The molecule has 2 aromatic heterocycles. The van der Waals surface area contributed by atoms with Crippen molar-refractivity contribution in [3.63, 3.8) is 0 Å². The van der Waals surface area contributed by atoms with Crippen LogP contribution in [-0.2, 0) is 11.3 Å². The highest BCUT2D eigenvalue weighted by Crippen LogP contribution is 2.25. The standard InChI is InChI=1S/C21H15FN6O4/c22-14-7-5-13(6-8-14)20-25-27-28(26-20)12-19(29)24-23-11-15-9-10-18(32-15)16-3-1-2-4-17(16)21(30)31/h1-11H,12H2,(H,24,29)(H,30,31). The highest BCUT2D eigenvalue weighted by atomic mass is 19.1. The molecule has 11 heteroatoms. The largest absolute Gasteiger partial charge is 0.478 e. The number of hydrogen-bond donors (Lipinski definition) is 2. The molecule has 0 aliphatic rings. The van der Waals surface area contributed by atoms with Crippen molar-refractivity contribution in [3.8, 4) is 22.7 Å². The van der Waals surface area contributed by atoms with Crippen molar-refractivity contribution in [1.82, 2.24) is 25.6 Å². The van der Waals surface area contributed by atoms with E-state index in [1.165, 1.54) is 36.5 Å². The van der Waals surface area contributed by atoms with E-state index in [4.69, 9.17) is 4.42 Å². The van der Waals surface area contributed by atoms with Crippen molar-refractivity contribution in [1.29, 1.82) is 0 Å². The third kappa shape index (κ3) is 4.73. The molecule has 4 rings (SSSR count). The number of furan rings is 1. The Kier molecular flexibility index (Phi) is 5.79. The molecule has 0 aliphatic carbocycles. The van der Waals surface area contributed by atoms with Crippen molar-refractivity contribution in [3.05, 3.63) is 77.8 Å². The SMILES string of the molecule is O=C(Cn1nnc(-c2ccc(F)cc2)n1)NN=Cc1ccc(-c2ccccc2C(=O)O)o1. The van der Waals surface area contributed by atoms with Gasteiger partial charge in [0.25, 0.3) is 5.91 Å². The van der Waals surface area contributed by atoms with Gasteiger partial charge in [-0.3, -0.25) is 4.79 Å². The number of amides is 1. The number of aromatic carboxylic acids is 1. The minimum Gasteiger partial charge on any atom is -0.478 e. The fraction of sp³-hybridized carbons (Fsp3) is 0.0476. The summed E-state index contributed by atoms with van der Waals surface area (Å²) in [6, 6.07) is 15.2. The van der Waals surface area contributed by atoms with Gasteiger partial charge in [-0.05, 0) is 47.7 Å². The number of nitrogens with zero attached hydrogens (tertiary/aromatic N) is 5. The molecule has 0 radical (unpaired) electrons. The number of nitrogens with one attached hydrogen (secondary N) is 1. The molecule has 2 heterocycles. The Morgan fingerprint density at radius 3 is 2.69 bits per heavy atom. The summed E-state index contributed by atoms with van der Waals surface area (Å²) in [6.07, 6.45) is 1.28. The first-order chi connectivity index (χ1) is 15.5. The lowest BCUT2D eigenvalue weighted by atomic mass is 10.1. The van der Waals surface area contributed by atoms with Crippen LogP contribution >= 0.6 is 0 Å². The van der Waals surface area contributed by atoms with Gasteiger partial charge in [0.15, 0.2) is 0 Å². The maximum atomic E-state index is 13.0. The Bertz CT molecular complexity index is 1300. The second-order valence-electron chi connectivity index (χ2n) is 6.50. The number of carbonyl (C=O) groups excluding carboxylic acids is 1. The van der Waals surface area contributed by atoms with Crippen LogP contribution in [0.15, 0.2) is 70.2 Å². The first-order valence-electron chi connectivity index (χ1n) is 9.28.